The molecule has 2 heteroatoms. The molecular weight excluding hydrogens is 152 g/mol. The van der Waals surface area contributed by atoms with Gasteiger partial charge in [-0.25, -0.2) is 0 Å². The summed E-state index contributed by atoms with van der Waals surface area (Å²) in [4.78, 5) is 11.3. The molecule has 0 aliphatic carbocycles. The van der Waals surface area contributed by atoms with Gasteiger partial charge in [-0.3, -0.25) is 4.79 Å². The third-order valence-electron chi connectivity index (χ3n) is 1.90. The zero-order valence-corrected chi connectivity index (χ0v) is 8.43. The molecular formula is C10H20O2. The van der Waals surface area contributed by atoms with Gasteiger partial charge in [-0.15, -0.1) is 0 Å². The molecule has 1 atom stereocenters. The van der Waals surface area contributed by atoms with Gasteiger partial charge in [0, 0.05) is 13.0 Å². The van der Waals surface area contributed by atoms with Crippen LogP contribution in [0, 0.1) is 0 Å². The average Bonchev–Trinajstić information content (AvgIpc) is 2.11. The van der Waals surface area contributed by atoms with Crippen molar-refractivity contribution in [3.05, 3.63) is 0 Å². The Morgan fingerprint density at radius 2 is 2.00 bits per heavy atom. The highest BCUT2D eigenvalue weighted by molar-refractivity contribution is 5.82. The van der Waals surface area contributed by atoms with Crippen molar-refractivity contribution in [2.75, 3.05) is 6.61 Å². The number of unbranched alkanes of at least 4 members (excludes halogenated alkanes) is 1. The maximum absolute atomic E-state index is 11.3. The zero-order chi connectivity index (χ0) is 9.40. The molecule has 0 amide bonds. The molecule has 0 aliphatic heterocycles. The van der Waals surface area contributed by atoms with Crippen LogP contribution in [0.3, 0.4) is 0 Å². The summed E-state index contributed by atoms with van der Waals surface area (Å²) >= 11 is 0. The van der Waals surface area contributed by atoms with E-state index in [0.717, 1.165) is 19.3 Å². The molecule has 0 bridgehead atoms. The van der Waals surface area contributed by atoms with Gasteiger partial charge >= 0.3 is 0 Å². The minimum absolute atomic E-state index is 0.139. The van der Waals surface area contributed by atoms with Gasteiger partial charge in [0.2, 0.25) is 0 Å². The number of hydrogen-bond donors (Lipinski definition) is 0. The number of ketones is 1. The molecule has 0 heterocycles. The van der Waals surface area contributed by atoms with E-state index >= 15 is 0 Å². The van der Waals surface area contributed by atoms with Crippen molar-refractivity contribution in [1.29, 1.82) is 0 Å². The predicted octanol–water partition coefficient (Wildman–Crippen LogP) is 2.56. The van der Waals surface area contributed by atoms with E-state index in [-0.39, 0.29) is 11.9 Å². The summed E-state index contributed by atoms with van der Waals surface area (Å²) in [5.74, 6) is 0.241. The molecule has 0 radical (unpaired) electrons. The topological polar surface area (TPSA) is 26.3 Å². The Morgan fingerprint density at radius 1 is 1.33 bits per heavy atom. The van der Waals surface area contributed by atoms with Crippen LogP contribution in [0.5, 0.6) is 0 Å². The van der Waals surface area contributed by atoms with Gasteiger partial charge in [-0.2, -0.15) is 0 Å². The largest absolute Gasteiger partial charge is 0.371 e. The zero-order valence-electron chi connectivity index (χ0n) is 8.43. The fraction of sp³-hybridized carbons (Fsp3) is 0.900. The fourth-order valence-corrected chi connectivity index (χ4v) is 1.16. The van der Waals surface area contributed by atoms with Crippen molar-refractivity contribution in [3.8, 4) is 0 Å². The third-order valence-corrected chi connectivity index (χ3v) is 1.90. The summed E-state index contributed by atoms with van der Waals surface area (Å²) in [6.45, 7) is 6.59. The molecule has 0 spiro atoms. The first kappa shape index (κ1) is 11.6. The molecule has 1 unspecified atom stereocenters. The van der Waals surface area contributed by atoms with Crippen LogP contribution in [-0.2, 0) is 9.53 Å². The van der Waals surface area contributed by atoms with Crippen LogP contribution in [0.15, 0.2) is 0 Å². The number of rotatable bonds is 7. The van der Waals surface area contributed by atoms with Crippen molar-refractivity contribution in [3.63, 3.8) is 0 Å². The number of ether oxygens (including phenoxy) is 1. The Bertz CT molecular complexity index is 121. The summed E-state index contributed by atoms with van der Waals surface area (Å²) in [6.07, 6.45) is 3.54. The lowest BCUT2D eigenvalue weighted by molar-refractivity contribution is -0.130. The molecule has 2 nitrogen and oxygen atoms in total. The predicted molar refractivity (Wildman–Crippen MR) is 50.2 cm³/mol. The molecule has 0 aromatic rings. The van der Waals surface area contributed by atoms with Gasteiger partial charge in [0.1, 0.15) is 6.10 Å². The molecule has 0 saturated heterocycles. The fourth-order valence-electron chi connectivity index (χ4n) is 1.16. The molecule has 0 fully saturated rings. The van der Waals surface area contributed by atoms with E-state index < -0.39 is 0 Å². The minimum Gasteiger partial charge on any atom is -0.371 e. The molecule has 72 valence electrons. The Labute approximate surface area is 75.3 Å². The third kappa shape index (κ3) is 4.50. The van der Waals surface area contributed by atoms with Gasteiger partial charge in [0.05, 0.1) is 0 Å². The number of carbonyl (C=O) groups is 1. The van der Waals surface area contributed by atoms with Gasteiger partial charge in [-0.05, 0) is 13.3 Å². The van der Waals surface area contributed by atoms with E-state index in [1.165, 1.54) is 0 Å². The smallest absolute Gasteiger partial charge is 0.161 e. The maximum Gasteiger partial charge on any atom is 0.161 e. The van der Waals surface area contributed by atoms with E-state index in [2.05, 4.69) is 6.92 Å². The number of carbonyl (C=O) groups excluding carboxylic acids is 1. The Balaban J connectivity index is 3.76. The lowest BCUT2D eigenvalue weighted by Gasteiger charge is -2.13. The summed E-state index contributed by atoms with van der Waals surface area (Å²) in [5.41, 5.74) is 0. The first-order chi connectivity index (χ1) is 5.76. The highest BCUT2D eigenvalue weighted by atomic mass is 16.5. The van der Waals surface area contributed by atoms with Gasteiger partial charge < -0.3 is 4.74 Å². The van der Waals surface area contributed by atoms with Crippen molar-refractivity contribution < 1.29 is 9.53 Å². The van der Waals surface area contributed by atoms with Crippen molar-refractivity contribution in [2.24, 2.45) is 0 Å². The monoisotopic (exact) mass is 172 g/mol. The van der Waals surface area contributed by atoms with Gasteiger partial charge in [-0.1, -0.05) is 26.7 Å². The minimum atomic E-state index is -0.139. The second-order valence-corrected chi connectivity index (χ2v) is 2.91. The summed E-state index contributed by atoms with van der Waals surface area (Å²) < 4.78 is 5.35. The molecule has 0 saturated carbocycles. The second-order valence-electron chi connectivity index (χ2n) is 2.91. The highest BCUT2D eigenvalue weighted by Crippen LogP contribution is 2.07. The van der Waals surface area contributed by atoms with E-state index in [1.54, 1.807) is 0 Å². The Kier molecular flexibility index (Phi) is 7.06. The van der Waals surface area contributed by atoms with E-state index in [9.17, 15) is 4.79 Å². The normalized spacial score (nSPS) is 12.9. The van der Waals surface area contributed by atoms with Crippen LogP contribution in [0.1, 0.15) is 46.5 Å². The SMILES string of the molecule is CCCCC(OCC)C(=O)CC. The number of hydrogen-bond acceptors (Lipinski definition) is 2. The average molecular weight is 172 g/mol. The Morgan fingerprint density at radius 3 is 2.42 bits per heavy atom. The van der Waals surface area contributed by atoms with Gasteiger partial charge in [0.25, 0.3) is 0 Å². The standard InChI is InChI=1S/C10H20O2/c1-4-7-8-10(12-6-3)9(11)5-2/h10H,4-8H2,1-3H3. The highest BCUT2D eigenvalue weighted by Gasteiger charge is 2.15. The molecule has 0 aromatic heterocycles. The van der Waals surface area contributed by atoms with Crippen molar-refractivity contribution >= 4 is 5.78 Å². The van der Waals surface area contributed by atoms with Crippen molar-refractivity contribution in [2.45, 2.75) is 52.6 Å². The molecule has 0 rings (SSSR count). The first-order valence-corrected chi connectivity index (χ1v) is 4.90. The Hall–Kier alpha value is -0.370. The van der Waals surface area contributed by atoms with Crippen LogP contribution < -0.4 is 0 Å². The summed E-state index contributed by atoms with van der Waals surface area (Å²) in [7, 11) is 0. The molecule has 0 aromatic carbocycles. The second kappa shape index (κ2) is 7.29. The first-order valence-electron chi connectivity index (χ1n) is 4.90. The van der Waals surface area contributed by atoms with Crippen LogP contribution in [0.2, 0.25) is 0 Å². The lowest BCUT2D eigenvalue weighted by Crippen LogP contribution is -2.23. The summed E-state index contributed by atoms with van der Waals surface area (Å²) in [6, 6.07) is 0. The van der Waals surface area contributed by atoms with Gasteiger partial charge in [0.15, 0.2) is 5.78 Å². The van der Waals surface area contributed by atoms with E-state index in [4.69, 9.17) is 4.74 Å². The number of Topliss-reactive ketones (excluding diaryl/α,β-unsaturated/α-hetero) is 1. The van der Waals surface area contributed by atoms with Crippen LogP contribution in [0.25, 0.3) is 0 Å². The van der Waals surface area contributed by atoms with Crippen LogP contribution in [-0.4, -0.2) is 18.5 Å². The van der Waals surface area contributed by atoms with E-state index in [1.807, 2.05) is 13.8 Å². The lowest BCUT2D eigenvalue weighted by atomic mass is 10.1. The molecule has 0 N–H and O–H groups in total. The van der Waals surface area contributed by atoms with Crippen LogP contribution in [0.4, 0.5) is 0 Å². The quantitative estimate of drug-likeness (QED) is 0.590. The maximum atomic E-state index is 11.3. The van der Waals surface area contributed by atoms with Crippen LogP contribution >= 0.6 is 0 Å². The van der Waals surface area contributed by atoms with E-state index in [0.29, 0.717) is 13.0 Å². The summed E-state index contributed by atoms with van der Waals surface area (Å²) in [5, 5.41) is 0. The molecule has 0 aliphatic rings. The van der Waals surface area contributed by atoms with Crippen molar-refractivity contribution in [1.82, 2.24) is 0 Å². The molecule has 12 heavy (non-hydrogen) atoms.